The summed E-state index contributed by atoms with van der Waals surface area (Å²) in [5.41, 5.74) is 6.16. The Hall–Kier alpha value is -4.37. The molecule has 0 amide bonds. The van der Waals surface area contributed by atoms with E-state index < -0.39 is 6.17 Å². The highest BCUT2D eigenvalue weighted by Gasteiger charge is 2.31. The van der Waals surface area contributed by atoms with Crippen molar-refractivity contribution in [2.45, 2.75) is 25.4 Å². The predicted molar refractivity (Wildman–Crippen MR) is 149 cm³/mol. The number of fused-ring (bicyclic) bond motifs is 2. The van der Waals surface area contributed by atoms with E-state index in [2.05, 4.69) is 20.5 Å². The smallest absolute Gasteiger partial charge is 0.179 e. The number of halogens is 1. The lowest BCUT2D eigenvalue weighted by Crippen LogP contribution is -2.27. The molecule has 3 N–H and O–H groups in total. The van der Waals surface area contributed by atoms with Crippen LogP contribution in [0, 0.1) is 5.92 Å². The van der Waals surface area contributed by atoms with Crippen molar-refractivity contribution in [3.05, 3.63) is 78.1 Å². The third-order valence-electron chi connectivity index (χ3n) is 7.12. The van der Waals surface area contributed by atoms with E-state index in [1.165, 1.54) is 0 Å². The summed E-state index contributed by atoms with van der Waals surface area (Å²) in [6, 6.07) is 17.9. The largest absolute Gasteiger partial charge is 0.352 e. The zero-order valence-electron chi connectivity index (χ0n) is 20.2. The van der Waals surface area contributed by atoms with Gasteiger partial charge in [-0.2, -0.15) is 5.10 Å². The van der Waals surface area contributed by atoms with E-state index in [1.54, 1.807) is 17.5 Å². The molecule has 188 valence electrons. The Kier molecular flexibility index (Phi) is 5.51. The SMILES string of the molecule is O=C(CC1CC(F)C1)c1cc2ccc(-c3nc(Nc4ccc(-c5cn[nH]c5)cc4)c4sccc4n3)cc2[nH]1. The number of nitrogens with zero attached hydrogens (tertiary/aromatic N) is 3. The number of ketones is 1. The van der Waals surface area contributed by atoms with Crippen LogP contribution >= 0.6 is 11.3 Å². The van der Waals surface area contributed by atoms with Crippen molar-refractivity contribution in [3.8, 4) is 22.5 Å². The zero-order valence-corrected chi connectivity index (χ0v) is 21.1. The van der Waals surface area contributed by atoms with Crippen LogP contribution in [0.3, 0.4) is 0 Å². The molecule has 0 unspecified atom stereocenters. The van der Waals surface area contributed by atoms with Gasteiger partial charge in [0.1, 0.15) is 6.17 Å². The molecule has 7 nitrogen and oxygen atoms in total. The second-order valence-corrected chi connectivity index (χ2v) is 10.7. The topological polar surface area (TPSA) is 99.3 Å². The molecule has 0 bridgehead atoms. The van der Waals surface area contributed by atoms with Crippen LogP contribution in [-0.4, -0.2) is 37.1 Å². The zero-order chi connectivity index (χ0) is 25.6. The maximum absolute atomic E-state index is 13.2. The predicted octanol–water partition coefficient (Wildman–Crippen LogP) is 7.29. The molecule has 1 fully saturated rings. The Bertz CT molecular complexity index is 1770. The minimum absolute atomic E-state index is 0.0286. The highest BCUT2D eigenvalue weighted by molar-refractivity contribution is 7.17. The minimum Gasteiger partial charge on any atom is -0.352 e. The van der Waals surface area contributed by atoms with Crippen LogP contribution in [0.4, 0.5) is 15.9 Å². The molecule has 6 aromatic rings. The fourth-order valence-electron chi connectivity index (χ4n) is 4.98. The average molecular weight is 523 g/mol. The van der Waals surface area contributed by atoms with E-state index in [0.717, 1.165) is 49.3 Å². The quantitative estimate of drug-likeness (QED) is 0.191. The van der Waals surface area contributed by atoms with Crippen molar-refractivity contribution in [2.75, 3.05) is 5.32 Å². The molecule has 1 aliphatic carbocycles. The molecule has 0 saturated heterocycles. The van der Waals surface area contributed by atoms with Gasteiger partial charge in [0.15, 0.2) is 17.4 Å². The molecule has 0 spiro atoms. The molecular weight excluding hydrogens is 499 g/mol. The highest BCUT2D eigenvalue weighted by Crippen LogP contribution is 2.35. The van der Waals surface area contributed by atoms with E-state index in [4.69, 9.17) is 9.97 Å². The van der Waals surface area contributed by atoms with Crippen LogP contribution in [0.5, 0.6) is 0 Å². The summed E-state index contributed by atoms with van der Waals surface area (Å²) in [5.74, 6) is 1.52. The van der Waals surface area contributed by atoms with Crippen LogP contribution < -0.4 is 5.32 Å². The van der Waals surface area contributed by atoms with Crippen molar-refractivity contribution in [1.82, 2.24) is 25.1 Å². The molecule has 4 aromatic heterocycles. The van der Waals surface area contributed by atoms with Gasteiger partial charge < -0.3 is 10.3 Å². The average Bonchev–Trinajstić information content (AvgIpc) is 3.68. The summed E-state index contributed by atoms with van der Waals surface area (Å²) in [6.45, 7) is 0. The summed E-state index contributed by atoms with van der Waals surface area (Å²) in [7, 11) is 0. The molecule has 1 aliphatic rings. The van der Waals surface area contributed by atoms with E-state index in [1.807, 2.05) is 66.2 Å². The van der Waals surface area contributed by atoms with Gasteiger partial charge in [0, 0.05) is 40.3 Å². The molecule has 0 atom stereocenters. The first-order chi connectivity index (χ1) is 18.6. The molecular formula is C29H23FN6OS. The van der Waals surface area contributed by atoms with Gasteiger partial charge in [0.05, 0.1) is 22.1 Å². The van der Waals surface area contributed by atoms with E-state index >= 15 is 0 Å². The lowest BCUT2D eigenvalue weighted by molar-refractivity contribution is 0.0836. The Balaban J connectivity index is 1.18. The highest BCUT2D eigenvalue weighted by atomic mass is 32.1. The Morgan fingerprint density at radius 2 is 1.87 bits per heavy atom. The number of hydrogen-bond acceptors (Lipinski definition) is 6. The normalized spacial score (nSPS) is 17.1. The monoisotopic (exact) mass is 522 g/mol. The van der Waals surface area contributed by atoms with Gasteiger partial charge in [-0.1, -0.05) is 24.3 Å². The number of benzene rings is 2. The van der Waals surface area contributed by atoms with Crippen molar-refractivity contribution >= 4 is 49.7 Å². The van der Waals surface area contributed by atoms with Crippen LogP contribution in [0.2, 0.25) is 0 Å². The van der Waals surface area contributed by atoms with Gasteiger partial charge in [-0.3, -0.25) is 9.89 Å². The second-order valence-electron chi connectivity index (χ2n) is 9.77. The number of aromatic amines is 2. The van der Waals surface area contributed by atoms with E-state index in [9.17, 15) is 9.18 Å². The summed E-state index contributed by atoms with van der Waals surface area (Å²) in [5, 5.41) is 13.3. The number of nitrogens with one attached hydrogen (secondary N) is 3. The van der Waals surface area contributed by atoms with E-state index in [0.29, 0.717) is 30.8 Å². The lowest BCUT2D eigenvalue weighted by Gasteiger charge is -2.28. The van der Waals surface area contributed by atoms with Gasteiger partial charge in [-0.15, -0.1) is 11.3 Å². The molecule has 1 saturated carbocycles. The Morgan fingerprint density at radius 1 is 1.03 bits per heavy atom. The van der Waals surface area contributed by atoms with E-state index in [-0.39, 0.29) is 11.7 Å². The standard InChI is InChI=1S/C29H23FN6OS/c30-21-9-16(10-21)11-26(37)25-12-18-1-2-19(13-24(18)34-25)28-35-23-7-8-38-27(23)29(36-28)33-22-5-3-17(4-6-22)20-14-31-32-15-20/h1-8,12-16,21,34H,9-11H2,(H,31,32)(H,33,35,36). The number of rotatable bonds is 7. The Labute approximate surface area is 221 Å². The third kappa shape index (κ3) is 4.24. The fourth-order valence-corrected chi connectivity index (χ4v) is 5.75. The minimum atomic E-state index is -0.750. The Morgan fingerprint density at radius 3 is 2.66 bits per heavy atom. The van der Waals surface area contributed by atoms with Crippen LogP contribution in [0.25, 0.3) is 43.6 Å². The van der Waals surface area contributed by atoms with Gasteiger partial charge in [0.2, 0.25) is 0 Å². The number of aromatic nitrogens is 5. The number of hydrogen-bond donors (Lipinski definition) is 3. The van der Waals surface area contributed by atoms with Gasteiger partial charge in [0.25, 0.3) is 0 Å². The fraction of sp³-hybridized carbons (Fsp3) is 0.172. The molecule has 9 heteroatoms. The van der Waals surface area contributed by atoms with Crippen molar-refractivity contribution in [1.29, 1.82) is 0 Å². The first-order valence-electron chi connectivity index (χ1n) is 12.5. The summed E-state index contributed by atoms with van der Waals surface area (Å²) < 4.78 is 14.1. The van der Waals surface area contributed by atoms with Gasteiger partial charge in [-0.25, -0.2) is 14.4 Å². The maximum atomic E-state index is 13.2. The first-order valence-corrected chi connectivity index (χ1v) is 13.4. The maximum Gasteiger partial charge on any atom is 0.179 e. The second kappa shape index (κ2) is 9.18. The van der Waals surface area contributed by atoms with Crippen molar-refractivity contribution < 1.29 is 9.18 Å². The van der Waals surface area contributed by atoms with Crippen molar-refractivity contribution in [2.24, 2.45) is 5.92 Å². The summed E-state index contributed by atoms with van der Waals surface area (Å²) in [6.07, 6.45) is 4.27. The molecule has 38 heavy (non-hydrogen) atoms. The van der Waals surface area contributed by atoms with Gasteiger partial charge in [-0.05, 0) is 60.0 Å². The van der Waals surface area contributed by atoms with Crippen LogP contribution in [0.1, 0.15) is 29.8 Å². The molecule has 0 radical (unpaired) electrons. The molecule has 4 heterocycles. The number of Topliss-reactive ketones (excluding diaryl/α,β-unsaturated/α-hetero) is 1. The number of alkyl halides is 1. The van der Waals surface area contributed by atoms with Crippen LogP contribution in [-0.2, 0) is 0 Å². The first kappa shape index (κ1) is 22.8. The molecule has 2 aromatic carbocycles. The molecule has 0 aliphatic heterocycles. The van der Waals surface area contributed by atoms with Gasteiger partial charge >= 0.3 is 0 Å². The number of carbonyl (C=O) groups excluding carboxylic acids is 1. The van der Waals surface area contributed by atoms with Crippen molar-refractivity contribution in [3.63, 3.8) is 0 Å². The third-order valence-corrected chi connectivity index (χ3v) is 8.03. The summed E-state index contributed by atoms with van der Waals surface area (Å²) in [4.78, 5) is 25.7. The number of anilines is 2. The number of carbonyl (C=O) groups is 1. The summed E-state index contributed by atoms with van der Waals surface area (Å²) >= 11 is 1.59. The lowest BCUT2D eigenvalue weighted by atomic mass is 9.80. The number of thiophene rings is 1. The van der Waals surface area contributed by atoms with Crippen LogP contribution in [0.15, 0.2) is 72.4 Å². The number of H-pyrrole nitrogens is 2. The molecule has 7 rings (SSSR count).